The van der Waals surface area contributed by atoms with Gasteiger partial charge in [-0.2, -0.15) is 5.10 Å². The van der Waals surface area contributed by atoms with E-state index in [-0.39, 0.29) is 11.4 Å². The van der Waals surface area contributed by atoms with Gasteiger partial charge in [0.1, 0.15) is 5.69 Å². The second kappa shape index (κ2) is 6.87. The molecule has 1 aromatic heterocycles. The Balaban J connectivity index is 1.59. The fourth-order valence-electron chi connectivity index (χ4n) is 3.61. The van der Waals surface area contributed by atoms with Crippen molar-refractivity contribution in [2.75, 3.05) is 19.6 Å². The topological polar surface area (TPSA) is 50.2 Å². The fourth-order valence-corrected chi connectivity index (χ4v) is 3.61. The Bertz CT molecular complexity index is 583. The third-order valence-electron chi connectivity index (χ3n) is 5.23. The largest absolute Gasteiger partial charge is 0.349 e. The minimum absolute atomic E-state index is 0.0374. The van der Waals surface area contributed by atoms with Crippen LogP contribution in [0.4, 0.5) is 0 Å². The average molecular weight is 332 g/mol. The standard InChI is InChI=1S/C19H32N4O/c1-14-7-5-6-11-22(14)12-10-20-18(24)16-13-17(15-8-9-15)23(21-16)19(2,3)4/h13-15H,5-12H2,1-4H3,(H,20,24)/t14-/m1/s1. The number of likely N-dealkylation sites (tertiary alicyclic amines) is 1. The van der Waals surface area contributed by atoms with Crippen molar-refractivity contribution in [2.45, 2.75) is 77.3 Å². The number of aromatic nitrogens is 2. The Morgan fingerprint density at radius 1 is 1.29 bits per heavy atom. The van der Waals surface area contributed by atoms with Crippen molar-refractivity contribution in [3.8, 4) is 0 Å². The quantitative estimate of drug-likeness (QED) is 0.901. The van der Waals surface area contributed by atoms with E-state index in [0.29, 0.717) is 24.2 Å². The first-order chi connectivity index (χ1) is 11.4. The highest BCUT2D eigenvalue weighted by Gasteiger charge is 2.32. The van der Waals surface area contributed by atoms with Gasteiger partial charge < -0.3 is 5.32 Å². The van der Waals surface area contributed by atoms with Crippen LogP contribution in [-0.2, 0) is 5.54 Å². The smallest absolute Gasteiger partial charge is 0.271 e. The van der Waals surface area contributed by atoms with Crippen LogP contribution in [0, 0.1) is 0 Å². The van der Waals surface area contributed by atoms with Crippen LogP contribution in [0.1, 0.15) is 81.9 Å². The Hall–Kier alpha value is -1.36. The molecule has 24 heavy (non-hydrogen) atoms. The van der Waals surface area contributed by atoms with Crippen LogP contribution in [-0.4, -0.2) is 46.3 Å². The van der Waals surface area contributed by atoms with E-state index in [1.54, 1.807) is 0 Å². The van der Waals surface area contributed by atoms with Crippen LogP contribution in [0.2, 0.25) is 0 Å². The van der Waals surface area contributed by atoms with Crippen LogP contribution in [0.25, 0.3) is 0 Å². The number of carbonyl (C=O) groups is 1. The van der Waals surface area contributed by atoms with Crippen LogP contribution in [0.15, 0.2) is 6.07 Å². The first-order valence-corrected chi connectivity index (χ1v) is 9.49. The number of rotatable bonds is 5. The maximum absolute atomic E-state index is 12.5. The molecular weight excluding hydrogens is 300 g/mol. The van der Waals surface area contributed by atoms with Gasteiger partial charge in [-0.3, -0.25) is 14.4 Å². The molecule has 1 aliphatic carbocycles. The fraction of sp³-hybridized carbons (Fsp3) is 0.789. The molecule has 0 radical (unpaired) electrons. The summed E-state index contributed by atoms with van der Waals surface area (Å²) in [6, 6.07) is 2.64. The molecule has 5 heteroatoms. The summed E-state index contributed by atoms with van der Waals surface area (Å²) in [6.45, 7) is 11.5. The zero-order valence-corrected chi connectivity index (χ0v) is 15.6. The Morgan fingerprint density at radius 3 is 2.67 bits per heavy atom. The highest BCUT2D eigenvalue weighted by Crippen LogP contribution is 2.41. The summed E-state index contributed by atoms with van der Waals surface area (Å²) < 4.78 is 2.05. The Morgan fingerprint density at radius 2 is 2.04 bits per heavy atom. The zero-order chi connectivity index (χ0) is 17.3. The van der Waals surface area contributed by atoms with E-state index in [2.05, 4.69) is 43.0 Å². The molecule has 2 heterocycles. The van der Waals surface area contributed by atoms with Gasteiger partial charge in [0.25, 0.3) is 5.91 Å². The molecule has 0 aromatic carbocycles. The normalized spacial score (nSPS) is 22.6. The molecule has 1 saturated carbocycles. The number of nitrogens with one attached hydrogen (secondary N) is 1. The molecule has 1 atom stereocenters. The second-order valence-electron chi connectivity index (χ2n) is 8.45. The molecule has 134 valence electrons. The van der Waals surface area contributed by atoms with Crippen LogP contribution >= 0.6 is 0 Å². The lowest BCUT2D eigenvalue weighted by Crippen LogP contribution is -2.42. The second-order valence-corrected chi connectivity index (χ2v) is 8.45. The van der Waals surface area contributed by atoms with E-state index < -0.39 is 0 Å². The van der Waals surface area contributed by atoms with Crippen LogP contribution in [0.5, 0.6) is 0 Å². The summed E-state index contributed by atoms with van der Waals surface area (Å²) in [5.41, 5.74) is 1.70. The van der Waals surface area contributed by atoms with Gasteiger partial charge in [0.15, 0.2) is 0 Å². The van der Waals surface area contributed by atoms with Gasteiger partial charge in [-0.05, 0) is 66.0 Å². The van der Waals surface area contributed by atoms with Crippen molar-refractivity contribution in [3.63, 3.8) is 0 Å². The molecule has 1 N–H and O–H groups in total. The summed E-state index contributed by atoms with van der Waals surface area (Å²) in [4.78, 5) is 15.0. The first-order valence-electron chi connectivity index (χ1n) is 9.49. The summed E-state index contributed by atoms with van der Waals surface area (Å²) in [6.07, 6.45) is 6.32. The van der Waals surface area contributed by atoms with Gasteiger partial charge in [-0.25, -0.2) is 0 Å². The van der Waals surface area contributed by atoms with Crippen molar-refractivity contribution in [3.05, 3.63) is 17.5 Å². The number of nitrogens with zero attached hydrogens (tertiary/aromatic N) is 3. The highest BCUT2D eigenvalue weighted by molar-refractivity contribution is 5.92. The van der Waals surface area contributed by atoms with Crippen molar-refractivity contribution in [2.24, 2.45) is 0 Å². The lowest BCUT2D eigenvalue weighted by Gasteiger charge is -2.33. The molecular formula is C19H32N4O. The summed E-state index contributed by atoms with van der Waals surface area (Å²) in [5.74, 6) is 0.553. The predicted molar refractivity (Wildman–Crippen MR) is 96.4 cm³/mol. The SMILES string of the molecule is C[C@@H]1CCCCN1CCNC(=O)c1cc(C2CC2)n(C(C)(C)C)n1. The van der Waals surface area contributed by atoms with Gasteiger partial charge in [0.2, 0.25) is 0 Å². The average Bonchev–Trinajstić information content (AvgIpc) is 3.26. The van der Waals surface area contributed by atoms with E-state index in [0.717, 1.165) is 13.1 Å². The summed E-state index contributed by atoms with van der Waals surface area (Å²) in [5, 5.41) is 7.68. The number of hydrogen-bond donors (Lipinski definition) is 1. The van der Waals surface area contributed by atoms with Gasteiger partial charge in [-0.15, -0.1) is 0 Å². The van der Waals surface area contributed by atoms with Crippen LogP contribution in [0.3, 0.4) is 0 Å². The van der Waals surface area contributed by atoms with E-state index >= 15 is 0 Å². The predicted octanol–water partition coefficient (Wildman–Crippen LogP) is 3.12. The van der Waals surface area contributed by atoms with E-state index in [4.69, 9.17) is 0 Å². The van der Waals surface area contributed by atoms with Gasteiger partial charge >= 0.3 is 0 Å². The van der Waals surface area contributed by atoms with Crippen molar-refractivity contribution < 1.29 is 4.79 Å². The Labute approximate surface area is 145 Å². The molecule has 0 bridgehead atoms. The van der Waals surface area contributed by atoms with Gasteiger partial charge in [0.05, 0.1) is 5.54 Å². The van der Waals surface area contributed by atoms with E-state index in [1.807, 2.05) is 10.7 Å². The molecule has 1 aromatic rings. The first kappa shape index (κ1) is 17.5. The van der Waals surface area contributed by atoms with Crippen LogP contribution < -0.4 is 5.32 Å². The Kier molecular flexibility index (Phi) is 5.00. The molecule has 2 fully saturated rings. The molecule has 5 nitrogen and oxygen atoms in total. The van der Waals surface area contributed by atoms with E-state index in [1.165, 1.54) is 37.8 Å². The molecule has 1 saturated heterocycles. The zero-order valence-electron chi connectivity index (χ0n) is 15.6. The molecule has 0 unspecified atom stereocenters. The van der Waals surface area contributed by atoms with Gasteiger partial charge in [-0.1, -0.05) is 6.42 Å². The third-order valence-corrected chi connectivity index (χ3v) is 5.23. The molecule has 3 rings (SSSR count). The van der Waals surface area contributed by atoms with E-state index in [9.17, 15) is 4.79 Å². The highest BCUT2D eigenvalue weighted by atomic mass is 16.1. The lowest BCUT2D eigenvalue weighted by molar-refractivity contribution is 0.0932. The van der Waals surface area contributed by atoms with Crippen molar-refractivity contribution in [1.82, 2.24) is 20.0 Å². The molecule has 0 spiro atoms. The number of carbonyl (C=O) groups excluding carboxylic acids is 1. The minimum atomic E-state index is -0.0836. The summed E-state index contributed by atoms with van der Waals surface area (Å²) in [7, 11) is 0. The number of hydrogen-bond acceptors (Lipinski definition) is 3. The maximum Gasteiger partial charge on any atom is 0.271 e. The number of amides is 1. The molecule has 1 amide bonds. The monoisotopic (exact) mass is 332 g/mol. The third kappa shape index (κ3) is 4.00. The molecule has 2 aliphatic rings. The summed E-state index contributed by atoms with van der Waals surface area (Å²) >= 11 is 0. The minimum Gasteiger partial charge on any atom is -0.349 e. The molecule has 1 aliphatic heterocycles. The lowest BCUT2D eigenvalue weighted by atomic mass is 10.0. The maximum atomic E-state index is 12.5. The van der Waals surface area contributed by atoms with Crippen molar-refractivity contribution >= 4 is 5.91 Å². The van der Waals surface area contributed by atoms with Gasteiger partial charge in [0, 0.05) is 30.7 Å². The number of piperidine rings is 1. The van der Waals surface area contributed by atoms with Crippen molar-refractivity contribution in [1.29, 1.82) is 0 Å².